The van der Waals surface area contributed by atoms with Crippen LogP contribution < -0.4 is 0 Å². The Labute approximate surface area is 78.5 Å². The maximum absolute atomic E-state index is 5.25. The van der Waals surface area contributed by atoms with Gasteiger partial charge in [0, 0.05) is 11.9 Å². The SMILES string of the molecule is c1cn(CC2CO2)c2c1CCCC2. The molecule has 0 aromatic carbocycles. The number of epoxide rings is 1. The second-order valence-corrected chi connectivity index (χ2v) is 4.10. The lowest BCUT2D eigenvalue weighted by Gasteiger charge is -2.14. The van der Waals surface area contributed by atoms with E-state index in [1.54, 1.807) is 11.3 Å². The molecule has 1 atom stereocenters. The molecule has 0 saturated carbocycles. The highest BCUT2D eigenvalue weighted by Gasteiger charge is 2.24. The van der Waals surface area contributed by atoms with E-state index in [9.17, 15) is 0 Å². The topological polar surface area (TPSA) is 17.5 Å². The minimum absolute atomic E-state index is 0.512. The van der Waals surface area contributed by atoms with Gasteiger partial charge in [-0.3, -0.25) is 0 Å². The van der Waals surface area contributed by atoms with E-state index in [1.807, 2.05) is 0 Å². The van der Waals surface area contributed by atoms with Gasteiger partial charge in [-0.2, -0.15) is 0 Å². The Kier molecular flexibility index (Phi) is 1.69. The molecule has 1 fully saturated rings. The van der Waals surface area contributed by atoms with Crippen LogP contribution in [0.15, 0.2) is 12.3 Å². The van der Waals surface area contributed by atoms with E-state index in [1.165, 1.54) is 25.7 Å². The smallest absolute Gasteiger partial charge is 0.0988 e. The van der Waals surface area contributed by atoms with E-state index < -0.39 is 0 Å². The predicted octanol–water partition coefficient (Wildman–Crippen LogP) is 1.77. The van der Waals surface area contributed by atoms with Crippen LogP contribution in [0.4, 0.5) is 0 Å². The van der Waals surface area contributed by atoms with E-state index in [4.69, 9.17) is 4.74 Å². The summed E-state index contributed by atoms with van der Waals surface area (Å²) >= 11 is 0. The standard InChI is InChI=1S/C11H15NO/c1-2-4-11-9(3-1)5-6-12(11)7-10-8-13-10/h5-6,10H,1-4,7-8H2. The van der Waals surface area contributed by atoms with Gasteiger partial charge in [0.25, 0.3) is 0 Å². The molecule has 0 amide bonds. The summed E-state index contributed by atoms with van der Waals surface area (Å²) in [7, 11) is 0. The summed E-state index contributed by atoms with van der Waals surface area (Å²) in [6.07, 6.45) is 8.04. The molecular weight excluding hydrogens is 162 g/mol. The van der Waals surface area contributed by atoms with E-state index in [0.29, 0.717) is 6.10 Å². The summed E-state index contributed by atoms with van der Waals surface area (Å²) in [4.78, 5) is 0. The molecule has 13 heavy (non-hydrogen) atoms. The molecule has 3 rings (SSSR count). The monoisotopic (exact) mass is 177 g/mol. The van der Waals surface area contributed by atoms with Gasteiger partial charge in [0.05, 0.1) is 19.3 Å². The van der Waals surface area contributed by atoms with Crippen LogP contribution in [0, 0.1) is 0 Å². The molecule has 2 nitrogen and oxygen atoms in total. The fourth-order valence-corrected chi connectivity index (χ4v) is 2.25. The van der Waals surface area contributed by atoms with Crippen molar-refractivity contribution in [1.82, 2.24) is 4.57 Å². The van der Waals surface area contributed by atoms with Crippen molar-refractivity contribution in [3.8, 4) is 0 Å². The third-order valence-electron chi connectivity index (χ3n) is 3.09. The molecule has 1 aromatic rings. The minimum atomic E-state index is 0.512. The average molecular weight is 177 g/mol. The summed E-state index contributed by atoms with van der Waals surface area (Å²) in [6, 6.07) is 2.29. The van der Waals surface area contributed by atoms with Crippen LogP contribution in [-0.4, -0.2) is 17.3 Å². The van der Waals surface area contributed by atoms with Gasteiger partial charge in [0.2, 0.25) is 0 Å². The number of fused-ring (bicyclic) bond motifs is 1. The molecule has 0 bridgehead atoms. The van der Waals surface area contributed by atoms with Gasteiger partial charge in [-0.25, -0.2) is 0 Å². The Morgan fingerprint density at radius 3 is 3.08 bits per heavy atom. The second kappa shape index (κ2) is 2.88. The van der Waals surface area contributed by atoms with E-state index in [2.05, 4.69) is 16.8 Å². The highest BCUT2D eigenvalue weighted by atomic mass is 16.6. The third-order valence-corrected chi connectivity index (χ3v) is 3.09. The summed E-state index contributed by atoms with van der Waals surface area (Å²) < 4.78 is 7.65. The zero-order chi connectivity index (χ0) is 8.67. The zero-order valence-corrected chi connectivity index (χ0v) is 7.83. The fraction of sp³-hybridized carbons (Fsp3) is 0.636. The summed E-state index contributed by atoms with van der Waals surface area (Å²) in [5, 5.41) is 0. The molecule has 2 heterocycles. The third kappa shape index (κ3) is 1.39. The van der Waals surface area contributed by atoms with Gasteiger partial charge in [-0.05, 0) is 37.3 Å². The summed E-state index contributed by atoms with van der Waals surface area (Å²) in [5.74, 6) is 0. The lowest BCUT2D eigenvalue weighted by molar-refractivity contribution is 0.379. The van der Waals surface area contributed by atoms with Gasteiger partial charge >= 0.3 is 0 Å². The quantitative estimate of drug-likeness (QED) is 0.629. The first-order valence-corrected chi connectivity index (χ1v) is 5.22. The highest BCUT2D eigenvalue weighted by molar-refractivity contribution is 5.25. The summed E-state index contributed by atoms with van der Waals surface area (Å²) in [5.41, 5.74) is 3.15. The van der Waals surface area contributed by atoms with Crippen LogP contribution in [0.25, 0.3) is 0 Å². The maximum Gasteiger partial charge on any atom is 0.0988 e. The second-order valence-electron chi connectivity index (χ2n) is 4.10. The molecule has 1 aromatic heterocycles. The van der Waals surface area contributed by atoms with E-state index in [0.717, 1.165) is 13.2 Å². The van der Waals surface area contributed by atoms with Crippen molar-refractivity contribution in [2.75, 3.05) is 6.61 Å². The Bertz CT molecular complexity index is 312. The van der Waals surface area contributed by atoms with Crippen LogP contribution in [0.5, 0.6) is 0 Å². The van der Waals surface area contributed by atoms with Crippen molar-refractivity contribution in [2.24, 2.45) is 0 Å². The largest absolute Gasteiger partial charge is 0.371 e. The first kappa shape index (κ1) is 7.63. The highest BCUT2D eigenvalue weighted by Crippen LogP contribution is 2.24. The van der Waals surface area contributed by atoms with Crippen molar-refractivity contribution in [1.29, 1.82) is 0 Å². The number of nitrogens with zero attached hydrogens (tertiary/aromatic N) is 1. The summed E-state index contributed by atoms with van der Waals surface area (Å²) in [6.45, 7) is 2.04. The number of hydrogen-bond acceptors (Lipinski definition) is 1. The lowest BCUT2D eigenvalue weighted by Crippen LogP contribution is -2.10. The molecule has 1 aliphatic heterocycles. The Morgan fingerprint density at radius 2 is 2.23 bits per heavy atom. The van der Waals surface area contributed by atoms with Crippen molar-refractivity contribution in [3.05, 3.63) is 23.5 Å². The molecule has 1 aliphatic carbocycles. The minimum Gasteiger partial charge on any atom is -0.371 e. The number of ether oxygens (including phenoxy) is 1. The van der Waals surface area contributed by atoms with Gasteiger partial charge < -0.3 is 9.30 Å². The van der Waals surface area contributed by atoms with Crippen LogP contribution in [0.2, 0.25) is 0 Å². The molecule has 70 valence electrons. The van der Waals surface area contributed by atoms with Crippen molar-refractivity contribution in [3.63, 3.8) is 0 Å². The number of aryl methyl sites for hydroxylation is 1. The van der Waals surface area contributed by atoms with Crippen molar-refractivity contribution in [2.45, 2.75) is 38.3 Å². The molecule has 0 N–H and O–H groups in total. The maximum atomic E-state index is 5.25. The van der Waals surface area contributed by atoms with E-state index in [-0.39, 0.29) is 0 Å². The van der Waals surface area contributed by atoms with Crippen molar-refractivity contribution >= 4 is 0 Å². The first-order valence-electron chi connectivity index (χ1n) is 5.22. The van der Waals surface area contributed by atoms with Gasteiger partial charge in [-0.15, -0.1) is 0 Å². The molecule has 0 radical (unpaired) electrons. The van der Waals surface area contributed by atoms with Crippen LogP contribution in [0.3, 0.4) is 0 Å². The van der Waals surface area contributed by atoms with Crippen LogP contribution >= 0.6 is 0 Å². The van der Waals surface area contributed by atoms with Crippen molar-refractivity contribution < 1.29 is 4.74 Å². The zero-order valence-electron chi connectivity index (χ0n) is 7.83. The van der Waals surface area contributed by atoms with Gasteiger partial charge in [0.15, 0.2) is 0 Å². The Hall–Kier alpha value is -0.760. The van der Waals surface area contributed by atoms with Gasteiger partial charge in [0.1, 0.15) is 0 Å². The number of hydrogen-bond donors (Lipinski definition) is 0. The molecule has 2 aliphatic rings. The first-order chi connectivity index (χ1) is 6.43. The number of rotatable bonds is 2. The normalized spacial score (nSPS) is 25.7. The lowest BCUT2D eigenvalue weighted by atomic mass is 9.98. The number of aromatic nitrogens is 1. The molecule has 0 spiro atoms. The van der Waals surface area contributed by atoms with Crippen LogP contribution in [0.1, 0.15) is 24.1 Å². The van der Waals surface area contributed by atoms with Crippen LogP contribution in [-0.2, 0) is 24.1 Å². The molecule has 2 heteroatoms. The Balaban J connectivity index is 1.86. The predicted molar refractivity (Wildman–Crippen MR) is 50.8 cm³/mol. The average Bonchev–Trinajstić information content (AvgIpc) is 2.88. The molecule has 1 saturated heterocycles. The fourth-order valence-electron chi connectivity index (χ4n) is 2.25. The van der Waals surface area contributed by atoms with Gasteiger partial charge in [-0.1, -0.05) is 0 Å². The van der Waals surface area contributed by atoms with E-state index >= 15 is 0 Å². The molecular formula is C11H15NO. The molecule has 1 unspecified atom stereocenters. The Morgan fingerprint density at radius 1 is 1.38 bits per heavy atom.